The molecular formula is C10H15N3O. The number of aromatic nitrogens is 2. The average molecular weight is 193 g/mol. The van der Waals surface area contributed by atoms with E-state index in [1.807, 2.05) is 0 Å². The maximum absolute atomic E-state index is 6.11. The van der Waals surface area contributed by atoms with Gasteiger partial charge < -0.3 is 10.3 Å². The summed E-state index contributed by atoms with van der Waals surface area (Å²) in [7, 11) is 0. The van der Waals surface area contributed by atoms with E-state index in [9.17, 15) is 0 Å². The first kappa shape index (κ1) is 8.41. The van der Waals surface area contributed by atoms with E-state index >= 15 is 0 Å². The van der Waals surface area contributed by atoms with Gasteiger partial charge in [-0.15, -0.1) is 0 Å². The van der Waals surface area contributed by atoms with Crippen LogP contribution in [0, 0.1) is 0 Å². The van der Waals surface area contributed by atoms with Crippen molar-refractivity contribution in [3.8, 4) is 0 Å². The first-order valence-corrected chi connectivity index (χ1v) is 5.41. The van der Waals surface area contributed by atoms with Crippen LogP contribution < -0.4 is 5.73 Å². The van der Waals surface area contributed by atoms with E-state index in [0.29, 0.717) is 5.92 Å². The molecule has 2 fully saturated rings. The Morgan fingerprint density at radius 2 is 2.07 bits per heavy atom. The second kappa shape index (κ2) is 2.79. The van der Waals surface area contributed by atoms with Gasteiger partial charge in [0, 0.05) is 5.92 Å². The molecule has 0 amide bonds. The minimum absolute atomic E-state index is 0.272. The van der Waals surface area contributed by atoms with Crippen LogP contribution in [0.5, 0.6) is 0 Å². The van der Waals surface area contributed by atoms with Gasteiger partial charge in [0.15, 0.2) is 5.82 Å². The van der Waals surface area contributed by atoms with Crippen molar-refractivity contribution in [2.45, 2.75) is 50.0 Å². The topological polar surface area (TPSA) is 64.9 Å². The molecule has 2 N–H and O–H groups in total. The van der Waals surface area contributed by atoms with E-state index in [4.69, 9.17) is 10.3 Å². The van der Waals surface area contributed by atoms with Gasteiger partial charge in [0.2, 0.25) is 5.89 Å². The summed E-state index contributed by atoms with van der Waals surface area (Å²) in [4.78, 5) is 4.42. The van der Waals surface area contributed by atoms with Crippen molar-refractivity contribution in [2.24, 2.45) is 5.73 Å². The highest BCUT2D eigenvalue weighted by molar-refractivity contribution is 5.10. The normalized spacial score (nSPS) is 25.5. The Hall–Kier alpha value is -0.900. The minimum atomic E-state index is -0.272. The lowest BCUT2D eigenvalue weighted by atomic mass is 9.77. The van der Waals surface area contributed by atoms with Gasteiger partial charge in [-0.3, -0.25) is 0 Å². The summed E-state index contributed by atoms with van der Waals surface area (Å²) in [6, 6.07) is 0. The zero-order valence-corrected chi connectivity index (χ0v) is 8.20. The Balaban J connectivity index is 1.82. The minimum Gasteiger partial charge on any atom is -0.339 e. The number of nitrogens with zero attached hydrogens (tertiary/aromatic N) is 2. The van der Waals surface area contributed by atoms with E-state index in [2.05, 4.69) is 10.1 Å². The van der Waals surface area contributed by atoms with Gasteiger partial charge in [-0.25, -0.2) is 0 Å². The van der Waals surface area contributed by atoms with Gasteiger partial charge in [-0.05, 0) is 32.1 Å². The molecule has 0 saturated heterocycles. The maximum atomic E-state index is 6.11. The molecule has 0 aliphatic heterocycles. The average Bonchev–Trinajstić information content (AvgIpc) is 2.46. The van der Waals surface area contributed by atoms with E-state index in [-0.39, 0.29) is 5.54 Å². The Morgan fingerprint density at radius 3 is 2.57 bits per heavy atom. The molecule has 0 radical (unpaired) electrons. The number of nitrogens with two attached hydrogens (primary N) is 1. The Kier molecular flexibility index (Phi) is 1.68. The molecule has 76 valence electrons. The fraction of sp³-hybridized carbons (Fsp3) is 0.800. The van der Waals surface area contributed by atoms with Crippen molar-refractivity contribution in [2.75, 3.05) is 0 Å². The summed E-state index contributed by atoms with van der Waals surface area (Å²) in [6.07, 6.45) is 6.85. The van der Waals surface area contributed by atoms with Crippen LogP contribution in [0.3, 0.4) is 0 Å². The van der Waals surface area contributed by atoms with Crippen LogP contribution in [0.4, 0.5) is 0 Å². The van der Waals surface area contributed by atoms with Gasteiger partial charge in [-0.2, -0.15) is 4.98 Å². The van der Waals surface area contributed by atoms with Crippen molar-refractivity contribution in [3.05, 3.63) is 11.7 Å². The number of rotatable bonds is 2. The Morgan fingerprint density at radius 1 is 1.29 bits per heavy atom. The molecule has 2 aliphatic carbocycles. The quantitative estimate of drug-likeness (QED) is 0.776. The third-order valence-corrected chi connectivity index (χ3v) is 3.59. The molecule has 0 aromatic carbocycles. The Bertz CT molecular complexity index is 339. The van der Waals surface area contributed by atoms with Crippen LogP contribution in [-0.4, -0.2) is 10.1 Å². The van der Waals surface area contributed by atoms with Crippen LogP contribution >= 0.6 is 0 Å². The second-order valence-electron chi connectivity index (χ2n) is 4.59. The largest absolute Gasteiger partial charge is 0.339 e. The molecule has 4 heteroatoms. The van der Waals surface area contributed by atoms with E-state index in [1.165, 1.54) is 25.7 Å². The van der Waals surface area contributed by atoms with Crippen LogP contribution in [-0.2, 0) is 5.54 Å². The number of hydrogen-bond acceptors (Lipinski definition) is 4. The molecule has 0 atom stereocenters. The summed E-state index contributed by atoms with van der Waals surface area (Å²) in [6.45, 7) is 0. The van der Waals surface area contributed by atoms with Crippen molar-refractivity contribution in [3.63, 3.8) is 0 Å². The zero-order valence-electron chi connectivity index (χ0n) is 8.20. The van der Waals surface area contributed by atoms with Gasteiger partial charge in [0.05, 0.1) is 5.54 Å². The third kappa shape index (κ3) is 1.10. The zero-order chi connectivity index (χ0) is 9.60. The number of hydrogen-bond donors (Lipinski definition) is 1. The van der Waals surface area contributed by atoms with Crippen LogP contribution in [0.15, 0.2) is 4.52 Å². The van der Waals surface area contributed by atoms with E-state index in [0.717, 1.165) is 24.6 Å². The van der Waals surface area contributed by atoms with Crippen LogP contribution in [0.25, 0.3) is 0 Å². The molecule has 14 heavy (non-hydrogen) atoms. The fourth-order valence-corrected chi connectivity index (χ4v) is 2.04. The van der Waals surface area contributed by atoms with Crippen molar-refractivity contribution in [1.82, 2.24) is 10.1 Å². The molecule has 1 heterocycles. The van der Waals surface area contributed by atoms with Gasteiger partial charge in [0.25, 0.3) is 0 Å². The predicted molar refractivity (Wildman–Crippen MR) is 50.6 cm³/mol. The highest BCUT2D eigenvalue weighted by Gasteiger charge is 2.39. The summed E-state index contributed by atoms with van der Waals surface area (Å²) < 4.78 is 5.25. The molecule has 4 nitrogen and oxygen atoms in total. The molecule has 3 rings (SSSR count). The molecule has 1 aromatic heterocycles. The molecule has 1 aromatic rings. The van der Waals surface area contributed by atoms with Gasteiger partial charge >= 0.3 is 0 Å². The lowest BCUT2D eigenvalue weighted by Crippen LogP contribution is -2.44. The molecular weight excluding hydrogens is 178 g/mol. The smallest absolute Gasteiger partial charge is 0.229 e. The third-order valence-electron chi connectivity index (χ3n) is 3.59. The highest BCUT2D eigenvalue weighted by atomic mass is 16.5. The molecule has 0 bridgehead atoms. The van der Waals surface area contributed by atoms with E-state index in [1.54, 1.807) is 0 Å². The lowest BCUT2D eigenvalue weighted by molar-refractivity contribution is 0.227. The standard InChI is InChI=1S/C10H15N3O/c11-10(5-2-6-10)9-12-8(14-13-9)7-3-1-4-7/h7H,1-6,11H2. The second-order valence-corrected chi connectivity index (χ2v) is 4.59. The summed E-state index contributed by atoms with van der Waals surface area (Å²) in [5.74, 6) is 2.05. The van der Waals surface area contributed by atoms with Crippen molar-refractivity contribution < 1.29 is 4.52 Å². The summed E-state index contributed by atoms with van der Waals surface area (Å²) in [5.41, 5.74) is 5.84. The molecule has 2 saturated carbocycles. The first-order valence-electron chi connectivity index (χ1n) is 5.41. The predicted octanol–water partition coefficient (Wildman–Crippen LogP) is 1.68. The first-order chi connectivity index (χ1) is 6.78. The van der Waals surface area contributed by atoms with Crippen molar-refractivity contribution in [1.29, 1.82) is 0 Å². The van der Waals surface area contributed by atoms with E-state index < -0.39 is 0 Å². The SMILES string of the molecule is NC1(c2noc(C3CCC3)n2)CCC1. The summed E-state index contributed by atoms with van der Waals surface area (Å²) >= 11 is 0. The Labute approximate surface area is 82.9 Å². The molecule has 0 spiro atoms. The maximum Gasteiger partial charge on any atom is 0.229 e. The molecule has 0 unspecified atom stereocenters. The van der Waals surface area contributed by atoms with Crippen LogP contribution in [0.2, 0.25) is 0 Å². The fourth-order valence-electron chi connectivity index (χ4n) is 2.04. The van der Waals surface area contributed by atoms with Gasteiger partial charge in [0.1, 0.15) is 0 Å². The van der Waals surface area contributed by atoms with Crippen molar-refractivity contribution >= 4 is 0 Å². The highest BCUT2D eigenvalue weighted by Crippen LogP contribution is 2.39. The van der Waals surface area contributed by atoms with Crippen LogP contribution in [0.1, 0.15) is 56.2 Å². The molecule has 2 aliphatic rings. The summed E-state index contributed by atoms with van der Waals surface area (Å²) in [5, 5.41) is 4.00. The van der Waals surface area contributed by atoms with Gasteiger partial charge in [-0.1, -0.05) is 11.6 Å². The lowest BCUT2D eigenvalue weighted by Gasteiger charge is -2.34. The monoisotopic (exact) mass is 193 g/mol.